The molecule has 0 unspecified atom stereocenters. The predicted octanol–water partition coefficient (Wildman–Crippen LogP) is -3.27. The first-order valence-electron chi connectivity index (χ1n) is 2.12. The molecule has 0 N–H and O–H groups in total. The molecule has 0 aromatic carbocycles. The fourth-order valence-corrected chi connectivity index (χ4v) is 0. The van der Waals surface area contributed by atoms with Gasteiger partial charge >= 0.3 is 30.2 Å². The Morgan fingerprint density at radius 2 is 1.75 bits per heavy atom. The van der Waals surface area contributed by atoms with Crippen molar-refractivity contribution in [3.63, 3.8) is 0 Å². The van der Waals surface area contributed by atoms with Crippen molar-refractivity contribution in [2.24, 2.45) is 0 Å². The molecule has 0 fully saturated rings. The fraction of sp³-hybridized carbons (Fsp3) is 0.750. The van der Waals surface area contributed by atoms with Crippen molar-refractivity contribution in [1.29, 1.82) is 0 Å². The summed E-state index contributed by atoms with van der Waals surface area (Å²) in [5.74, 6) is -1.08. The summed E-state index contributed by atoms with van der Waals surface area (Å²) in [5, 5.41) is 10.3. The van der Waals surface area contributed by atoms with Crippen LogP contribution in [0.1, 0.15) is 13.8 Å². The summed E-state index contributed by atoms with van der Waals surface area (Å²) in [5.41, 5.74) is 0. The van der Waals surface area contributed by atoms with Gasteiger partial charge in [0.25, 0.3) is 0 Å². The molecule has 45 valence electrons. The topological polar surface area (TPSA) is 40.1 Å². The second kappa shape index (κ2) is 15.6. The molecule has 0 aliphatic carbocycles. The molecule has 4 heteroatoms. The van der Waals surface area contributed by atoms with Crippen LogP contribution < -0.4 is 22.1 Å². The van der Waals surface area contributed by atoms with Gasteiger partial charge in [-0.25, -0.2) is 0 Å². The third kappa shape index (κ3) is 621. The first kappa shape index (κ1) is 15.8. The summed E-state index contributed by atoms with van der Waals surface area (Å²) in [4.78, 5) is 8.89. The van der Waals surface area contributed by atoms with Crippen molar-refractivity contribution in [2.75, 3.05) is 0 Å². The van der Waals surface area contributed by atoms with Crippen LogP contribution in [0, 0.1) is 0 Å². The van der Waals surface area contributed by atoms with Gasteiger partial charge in [0, 0.05) is 5.97 Å². The number of carbonyl (C=O) groups is 1. The van der Waals surface area contributed by atoms with Crippen LogP contribution in [0.3, 0.4) is 0 Å². The number of carbonyl (C=O) groups excluding carboxylic acids is 1. The zero-order valence-electron chi connectivity index (χ0n) is 5.11. The number of aliphatic carboxylic acids is 1. The number of halogens is 1. The Kier molecular flexibility index (Phi) is 31.0. The van der Waals surface area contributed by atoms with E-state index in [1.807, 2.05) is 0 Å². The monoisotopic (exact) mass is 231 g/mol. The molecule has 0 aliphatic rings. The molecular weight excluding hydrogens is 225 g/mol. The maximum absolute atomic E-state index is 8.89. The van der Waals surface area contributed by atoms with Crippen LogP contribution in [0.2, 0.25) is 5.02 Å². The molecule has 0 amide bonds. The number of carboxylic acid groups (broad SMARTS) is 1. The molecule has 0 bridgehead atoms. The van der Waals surface area contributed by atoms with Crippen molar-refractivity contribution in [3.05, 3.63) is 0 Å². The van der Waals surface area contributed by atoms with Crippen molar-refractivity contribution in [2.45, 2.75) is 18.9 Å². The Morgan fingerprint density at radius 3 is 1.75 bits per heavy atom. The normalized spacial score (nSPS) is 5.50. The van der Waals surface area contributed by atoms with Crippen LogP contribution in [0.25, 0.3) is 0 Å². The van der Waals surface area contributed by atoms with E-state index in [-0.39, 0.29) is 17.0 Å². The molecule has 0 aliphatic heterocycles. The summed E-state index contributed by atoms with van der Waals surface area (Å²) in [6.07, 6.45) is 0. The van der Waals surface area contributed by atoms with Crippen molar-refractivity contribution < 1.29 is 45.2 Å². The zero-order valence-corrected chi connectivity index (χ0v) is 9.66. The first-order chi connectivity index (χ1) is 3.15. The van der Waals surface area contributed by atoms with Gasteiger partial charge in [-0.05, 0) is 6.92 Å². The minimum Gasteiger partial charge on any atom is -1.00 e. The van der Waals surface area contributed by atoms with Gasteiger partial charge in [0.1, 0.15) is 0 Å². The molecule has 0 rings (SSSR count). The maximum Gasteiger partial charge on any atom is -1.00 e. The minimum atomic E-state index is -1.08. The van der Waals surface area contributed by atoms with Gasteiger partial charge in [-0.1, -0.05) is 0 Å². The molecule has 0 aromatic rings. The van der Waals surface area contributed by atoms with E-state index < -0.39 is 5.97 Å². The van der Waals surface area contributed by atoms with Crippen LogP contribution in [-0.2, 0) is 23.1 Å². The van der Waals surface area contributed by atoms with E-state index in [0.29, 0.717) is 0 Å². The molecule has 0 heterocycles. The number of carboxylic acids is 1. The van der Waals surface area contributed by atoms with Gasteiger partial charge < -0.3 is 26.9 Å². The molecule has 0 atom stereocenters. The molecule has 0 spiro atoms. The summed E-state index contributed by atoms with van der Waals surface area (Å²) in [7, 11) is 0. The third-order valence-corrected chi connectivity index (χ3v) is 0. The maximum atomic E-state index is 8.89. The van der Waals surface area contributed by atoms with E-state index in [9.17, 15) is 0 Å². The van der Waals surface area contributed by atoms with Gasteiger partial charge in [-0.3, -0.25) is 0 Å². The Bertz CT molecular complexity index is 45.3. The fourth-order valence-electron chi connectivity index (χ4n) is 0. The first-order valence-corrected chi connectivity index (χ1v) is 4.21. The van der Waals surface area contributed by atoms with Crippen LogP contribution in [0.15, 0.2) is 0 Å². The molecule has 8 heavy (non-hydrogen) atoms. The molecule has 0 radical (unpaired) electrons. The Balaban J connectivity index is -0.0000000575. The van der Waals surface area contributed by atoms with Gasteiger partial charge in [-0.15, -0.1) is 0 Å². The van der Waals surface area contributed by atoms with E-state index in [1.54, 1.807) is 0 Å². The van der Waals surface area contributed by atoms with E-state index in [4.69, 9.17) is 9.90 Å². The van der Waals surface area contributed by atoms with Gasteiger partial charge in [0.05, 0.1) is 0 Å². The molecular formula is C4H8BrO2Zn. The second-order valence-corrected chi connectivity index (χ2v) is 3.09. The largest absolute Gasteiger partial charge is 1.00 e. The number of rotatable bonds is 0. The van der Waals surface area contributed by atoms with Crippen molar-refractivity contribution >= 4 is 5.97 Å². The average Bonchev–Trinajstić information content (AvgIpc) is 1.33. The zero-order chi connectivity index (χ0) is 6.28. The summed E-state index contributed by atoms with van der Waals surface area (Å²) < 4.78 is 0. The van der Waals surface area contributed by atoms with Gasteiger partial charge in [0.2, 0.25) is 0 Å². The smallest absolute Gasteiger partial charge is 1.00 e. The summed E-state index contributed by atoms with van der Waals surface area (Å²) >= 11 is 1.44. The Morgan fingerprint density at radius 1 is 1.75 bits per heavy atom. The Hall–Kier alpha value is 0.573. The molecule has 0 saturated carbocycles. The minimum absolute atomic E-state index is 0. The van der Waals surface area contributed by atoms with Crippen LogP contribution >= 0.6 is 0 Å². The molecule has 0 aromatic heterocycles. The quantitative estimate of drug-likeness (QED) is 0.412. The summed E-state index contributed by atoms with van der Waals surface area (Å²) in [6, 6.07) is 0. The average molecular weight is 233 g/mol. The second-order valence-electron chi connectivity index (χ2n) is 0.992. The number of hydrogen-bond donors (Lipinski definition) is 0. The predicted molar refractivity (Wildman–Crippen MR) is 21.2 cm³/mol. The van der Waals surface area contributed by atoms with Gasteiger partial charge in [-0.2, -0.15) is 0 Å². The van der Waals surface area contributed by atoms with Crippen molar-refractivity contribution in [3.8, 4) is 0 Å². The Labute approximate surface area is 70.1 Å². The summed E-state index contributed by atoms with van der Waals surface area (Å²) in [6.45, 7) is 3.15. The molecule has 0 saturated heterocycles. The van der Waals surface area contributed by atoms with Gasteiger partial charge in [0.15, 0.2) is 0 Å². The van der Waals surface area contributed by atoms with Crippen molar-refractivity contribution in [1.82, 2.24) is 0 Å². The van der Waals surface area contributed by atoms with E-state index in [2.05, 4.69) is 6.92 Å². The molecule has 2 nitrogen and oxygen atoms in total. The van der Waals surface area contributed by atoms with Crippen LogP contribution in [0.4, 0.5) is 0 Å². The van der Waals surface area contributed by atoms with Crippen LogP contribution in [0.5, 0.6) is 0 Å². The van der Waals surface area contributed by atoms with E-state index in [0.717, 1.165) is 6.92 Å². The van der Waals surface area contributed by atoms with E-state index in [1.165, 1.54) is 23.3 Å². The van der Waals surface area contributed by atoms with Crippen LogP contribution in [-0.4, -0.2) is 5.97 Å². The SMILES string of the molecule is CC(=O)[O-].C[CH2][Zn+2].[Br-]. The number of hydrogen-bond acceptors (Lipinski definition) is 2. The standard InChI is InChI=1S/C2H4O2.C2H5.BrH.Zn/c1-2(3)4;1-2;;/h1H3,(H,3,4);1H2,2H3;1H;/q;;;+2/p-2. The third-order valence-electron chi connectivity index (χ3n) is 0. The van der Waals surface area contributed by atoms with E-state index >= 15 is 0 Å².